The highest BCUT2D eigenvalue weighted by Gasteiger charge is 2.30. The molecule has 1 aromatic carbocycles. The molecule has 9 nitrogen and oxygen atoms in total. The summed E-state index contributed by atoms with van der Waals surface area (Å²) in [5, 5.41) is 16.3. The number of hydrogen-bond donors (Lipinski definition) is 4. The summed E-state index contributed by atoms with van der Waals surface area (Å²) in [6.45, 7) is 2.04. The van der Waals surface area contributed by atoms with Crippen molar-refractivity contribution in [1.29, 1.82) is 0 Å². The molecule has 2 heterocycles. The van der Waals surface area contributed by atoms with Crippen LogP contribution in [0.5, 0.6) is 0 Å². The smallest absolute Gasteiger partial charge is 0.224 e. The number of nitrogens with two attached hydrogens (primary N) is 1. The summed E-state index contributed by atoms with van der Waals surface area (Å²) < 4.78 is 31.1. The summed E-state index contributed by atoms with van der Waals surface area (Å²) in [6, 6.07) is 1.96. The van der Waals surface area contributed by atoms with Crippen LogP contribution in [0, 0.1) is 23.5 Å². The van der Waals surface area contributed by atoms with Crippen molar-refractivity contribution in [2.75, 3.05) is 10.6 Å². The number of aromatic nitrogens is 4. The van der Waals surface area contributed by atoms with E-state index in [1.165, 1.54) is 0 Å². The predicted octanol–water partition coefficient (Wildman–Crippen LogP) is 4.68. The summed E-state index contributed by atoms with van der Waals surface area (Å²) in [4.78, 5) is 25.4. The minimum absolute atomic E-state index is 0.0286. The van der Waals surface area contributed by atoms with Crippen molar-refractivity contribution in [3.8, 4) is 0 Å². The number of amides is 1. The molecule has 1 amide bonds. The number of rotatable bonds is 6. The van der Waals surface area contributed by atoms with Crippen molar-refractivity contribution in [1.82, 2.24) is 19.5 Å². The molecule has 0 radical (unpaired) electrons. The predicted molar refractivity (Wildman–Crippen MR) is 137 cm³/mol. The Morgan fingerprint density at radius 3 is 2.49 bits per heavy atom. The van der Waals surface area contributed by atoms with Gasteiger partial charge >= 0.3 is 0 Å². The standard InChI is InChI=1S/C25H30ClF2N7O2/c1-12-2-5-15(10-20(12)36)31-24-30-11-19-23(34-24)35(16-6-3-13(4-7-16)22(29)37)25(32-19)33-21-17(27)8-14(26)9-18(21)28/h8-9,11-13,15-16,20,36H,2-7,10H2,1H3,(H2,29,37)(H,32,33)(H,30,31,34)/t12-,13?,15-,16?,20?/m1/s1. The van der Waals surface area contributed by atoms with Crippen molar-refractivity contribution in [3.05, 3.63) is 35.0 Å². The highest BCUT2D eigenvalue weighted by molar-refractivity contribution is 6.30. The lowest BCUT2D eigenvalue weighted by Gasteiger charge is -2.31. The number of nitrogens with one attached hydrogen (secondary N) is 2. The van der Waals surface area contributed by atoms with Crippen LogP contribution in [0.3, 0.4) is 0 Å². The second-order valence-electron chi connectivity index (χ2n) is 10.2. The van der Waals surface area contributed by atoms with E-state index in [0.29, 0.717) is 49.2 Å². The summed E-state index contributed by atoms with van der Waals surface area (Å²) in [7, 11) is 0. The maximum absolute atomic E-state index is 14.6. The van der Waals surface area contributed by atoms with Gasteiger partial charge in [0.05, 0.1) is 12.3 Å². The van der Waals surface area contributed by atoms with Crippen LogP contribution in [0.1, 0.15) is 57.9 Å². The van der Waals surface area contributed by atoms with Gasteiger partial charge in [-0.3, -0.25) is 9.36 Å². The maximum Gasteiger partial charge on any atom is 0.224 e. The normalized spacial score (nSPS) is 26.2. The van der Waals surface area contributed by atoms with Gasteiger partial charge in [0.25, 0.3) is 0 Å². The molecule has 198 valence electrons. The van der Waals surface area contributed by atoms with Crippen LogP contribution in [0.25, 0.3) is 11.2 Å². The van der Waals surface area contributed by atoms with Crippen molar-refractivity contribution in [3.63, 3.8) is 0 Å². The van der Waals surface area contributed by atoms with Crippen molar-refractivity contribution in [2.45, 2.75) is 70.1 Å². The number of benzene rings is 1. The number of carbonyl (C=O) groups is 1. The fraction of sp³-hybridized carbons (Fsp3) is 0.520. The Hall–Kier alpha value is -3.05. The number of halogens is 3. The molecular formula is C25H30ClF2N7O2. The number of aliphatic hydroxyl groups excluding tert-OH is 1. The summed E-state index contributed by atoms with van der Waals surface area (Å²) >= 11 is 5.79. The molecule has 0 bridgehead atoms. The largest absolute Gasteiger partial charge is 0.393 e. The Kier molecular flexibility index (Phi) is 7.17. The van der Waals surface area contributed by atoms with Gasteiger partial charge in [-0.15, -0.1) is 0 Å². The molecule has 3 aromatic rings. The van der Waals surface area contributed by atoms with Crippen molar-refractivity contribution in [2.24, 2.45) is 17.6 Å². The lowest BCUT2D eigenvalue weighted by molar-refractivity contribution is -0.122. The molecule has 0 spiro atoms. The van der Waals surface area contributed by atoms with Crippen LogP contribution in [0.15, 0.2) is 18.3 Å². The fourth-order valence-corrected chi connectivity index (χ4v) is 5.59. The van der Waals surface area contributed by atoms with E-state index in [4.69, 9.17) is 22.3 Å². The van der Waals surface area contributed by atoms with Crippen LogP contribution in [0.2, 0.25) is 5.02 Å². The summed E-state index contributed by atoms with van der Waals surface area (Å²) in [5.41, 5.74) is 6.10. The lowest BCUT2D eigenvalue weighted by atomic mass is 9.85. The number of anilines is 3. The zero-order valence-electron chi connectivity index (χ0n) is 20.4. The number of imidazole rings is 1. The molecule has 0 saturated heterocycles. The van der Waals surface area contributed by atoms with Gasteiger partial charge in [-0.05, 0) is 63.0 Å². The third kappa shape index (κ3) is 5.33. The average Bonchev–Trinajstić information content (AvgIpc) is 3.21. The fourth-order valence-electron chi connectivity index (χ4n) is 5.40. The van der Waals surface area contributed by atoms with Crippen LogP contribution in [0.4, 0.5) is 26.4 Å². The van der Waals surface area contributed by atoms with E-state index in [1.807, 2.05) is 11.5 Å². The van der Waals surface area contributed by atoms with Gasteiger partial charge in [0, 0.05) is 23.0 Å². The average molecular weight is 534 g/mol. The molecule has 3 atom stereocenters. The van der Waals surface area contributed by atoms with E-state index >= 15 is 0 Å². The maximum atomic E-state index is 14.6. The first-order valence-electron chi connectivity index (χ1n) is 12.6. The van der Waals surface area contributed by atoms with E-state index in [-0.39, 0.29) is 52.6 Å². The molecule has 2 aromatic heterocycles. The van der Waals surface area contributed by atoms with Gasteiger partial charge in [-0.25, -0.2) is 18.7 Å². The number of hydrogen-bond acceptors (Lipinski definition) is 7. The van der Waals surface area contributed by atoms with Gasteiger partial charge in [0.1, 0.15) is 11.2 Å². The number of nitrogens with zero attached hydrogens (tertiary/aromatic N) is 4. The zero-order valence-corrected chi connectivity index (χ0v) is 21.2. The lowest BCUT2D eigenvalue weighted by Crippen LogP contribution is -2.35. The SMILES string of the molecule is C[C@@H]1CC[C@@H](Nc2ncc3nc(Nc4c(F)cc(Cl)cc4F)n(C4CCC(C(N)=O)CC4)c3n2)CC1O. The van der Waals surface area contributed by atoms with E-state index in [0.717, 1.165) is 25.0 Å². The Morgan fingerprint density at radius 1 is 1.14 bits per heavy atom. The molecule has 37 heavy (non-hydrogen) atoms. The quantitative estimate of drug-likeness (QED) is 0.362. The number of primary amides is 1. The van der Waals surface area contributed by atoms with E-state index in [2.05, 4.69) is 20.6 Å². The van der Waals surface area contributed by atoms with Gasteiger partial charge in [0.2, 0.25) is 17.8 Å². The first-order valence-corrected chi connectivity index (χ1v) is 13.0. The minimum Gasteiger partial charge on any atom is -0.393 e. The topological polar surface area (TPSA) is 131 Å². The Bertz CT molecular complexity index is 1290. The Labute approximate surface area is 217 Å². The van der Waals surface area contributed by atoms with Crippen LogP contribution in [-0.4, -0.2) is 42.7 Å². The third-order valence-electron chi connectivity index (χ3n) is 7.63. The molecule has 2 aliphatic carbocycles. The third-order valence-corrected chi connectivity index (χ3v) is 7.85. The molecule has 2 fully saturated rings. The first-order chi connectivity index (χ1) is 17.7. The molecule has 5 N–H and O–H groups in total. The molecule has 2 saturated carbocycles. The van der Waals surface area contributed by atoms with E-state index in [1.54, 1.807) is 6.20 Å². The van der Waals surface area contributed by atoms with Gasteiger partial charge in [-0.2, -0.15) is 4.98 Å². The number of carbonyl (C=O) groups excluding carboxylic acids is 1. The van der Waals surface area contributed by atoms with Crippen LogP contribution >= 0.6 is 11.6 Å². The van der Waals surface area contributed by atoms with Gasteiger partial charge in [0.15, 0.2) is 17.3 Å². The van der Waals surface area contributed by atoms with Gasteiger partial charge in [-0.1, -0.05) is 18.5 Å². The molecule has 12 heteroatoms. The zero-order chi connectivity index (χ0) is 26.3. The second kappa shape index (κ2) is 10.4. The van der Waals surface area contributed by atoms with Crippen molar-refractivity contribution >= 4 is 46.3 Å². The monoisotopic (exact) mass is 533 g/mol. The second-order valence-corrected chi connectivity index (χ2v) is 10.6. The van der Waals surface area contributed by atoms with Crippen molar-refractivity contribution < 1.29 is 18.7 Å². The van der Waals surface area contributed by atoms with Crippen LogP contribution < -0.4 is 16.4 Å². The number of aliphatic hydroxyl groups is 1. The summed E-state index contributed by atoms with van der Waals surface area (Å²) in [6.07, 6.45) is 6.00. The van der Waals surface area contributed by atoms with E-state index < -0.39 is 11.6 Å². The first kappa shape index (κ1) is 25.6. The highest BCUT2D eigenvalue weighted by atomic mass is 35.5. The Morgan fingerprint density at radius 2 is 1.84 bits per heavy atom. The molecule has 2 aliphatic rings. The Balaban J connectivity index is 1.50. The molecule has 0 aliphatic heterocycles. The van der Waals surface area contributed by atoms with Crippen LogP contribution in [-0.2, 0) is 4.79 Å². The van der Waals surface area contributed by atoms with E-state index in [9.17, 15) is 18.7 Å². The highest BCUT2D eigenvalue weighted by Crippen LogP contribution is 2.38. The number of fused-ring (bicyclic) bond motifs is 1. The minimum atomic E-state index is -0.848. The van der Waals surface area contributed by atoms with Gasteiger partial charge < -0.3 is 21.5 Å². The summed E-state index contributed by atoms with van der Waals surface area (Å²) in [5.74, 6) is -1.37. The molecule has 1 unspecified atom stereocenters. The molecular weight excluding hydrogens is 504 g/mol. The molecule has 5 rings (SSSR count).